The predicted molar refractivity (Wildman–Crippen MR) is 101 cm³/mol. The van der Waals surface area contributed by atoms with E-state index in [1.165, 1.54) is 0 Å². The quantitative estimate of drug-likeness (QED) is 0.547. The van der Waals surface area contributed by atoms with Crippen LogP contribution in [0, 0.1) is 6.92 Å². The van der Waals surface area contributed by atoms with Crippen molar-refractivity contribution in [3.05, 3.63) is 57.7 Å². The van der Waals surface area contributed by atoms with Crippen molar-refractivity contribution in [1.29, 1.82) is 0 Å². The maximum Gasteiger partial charge on any atom is 0.0939 e. The lowest BCUT2D eigenvalue weighted by Crippen LogP contribution is -2.24. The number of halogens is 2. The monoisotopic (exact) mass is 402 g/mol. The van der Waals surface area contributed by atoms with E-state index in [2.05, 4.69) is 68.4 Å². The topological polar surface area (TPSA) is 34.0 Å². The van der Waals surface area contributed by atoms with Crippen LogP contribution < -0.4 is 4.90 Å². The molecule has 1 aliphatic heterocycles. The Balaban J connectivity index is 1.96. The largest absolute Gasteiger partial charge is 0.339 e. The number of fused-ring (bicyclic) bond motifs is 3. The fraction of sp³-hybridized carbons (Fsp3) is 0.222. The summed E-state index contributed by atoms with van der Waals surface area (Å²) in [5, 5.41) is 9.39. The molecule has 4 rings (SSSR count). The molecule has 0 fully saturated rings. The molecule has 0 spiro atoms. The van der Waals surface area contributed by atoms with E-state index in [-0.39, 0.29) is 6.04 Å². The molecule has 1 atom stereocenters. The van der Waals surface area contributed by atoms with Gasteiger partial charge < -0.3 is 4.90 Å². The highest BCUT2D eigenvalue weighted by Crippen LogP contribution is 2.42. The average Bonchev–Trinajstić information content (AvgIpc) is 2.89. The van der Waals surface area contributed by atoms with Gasteiger partial charge in [0.25, 0.3) is 0 Å². The van der Waals surface area contributed by atoms with Crippen LogP contribution in [0.4, 0.5) is 11.4 Å². The van der Waals surface area contributed by atoms with Gasteiger partial charge in [0.15, 0.2) is 0 Å². The number of rotatable bonds is 1. The Bertz CT molecular complexity index is 904. The first-order chi connectivity index (χ1) is 11.5. The Labute approximate surface area is 154 Å². The van der Waals surface area contributed by atoms with Crippen LogP contribution >= 0.6 is 27.5 Å². The fourth-order valence-corrected chi connectivity index (χ4v) is 3.71. The molecule has 0 N–H and O–H groups in total. The molecule has 1 aromatic heterocycles. The fourth-order valence-electron chi connectivity index (χ4n) is 3.23. The summed E-state index contributed by atoms with van der Waals surface area (Å²) in [5.74, 6) is 0. The third kappa shape index (κ3) is 2.52. The van der Waals surface area contributed by atoms with Gasteiger partial charge in [-0.05, 0) is 56.3 Å². The third-order valence-electron chi connectivity index (χ3n) is 4.37. The van der Waals surface area contributed by atoms with Crippen LogP contribution in [-0.4, -0.2) is 21.5 Å². The molecule has 0 radical (unpaired) electrons. The summed E-state index contributed by atoms with van der Waals surface area (Å²) in [4.78, 5) is 2.31. The zero-order valence-electron chi connectivity index (χ0n) is 13.4. The molecule has 122 valence electrons. The molecule has 1 unspecified atom stereocenters. The SMILES string of the molecule is Cc1nnn2c1-c1ccc(Br)cc1N(c1ccc(Cl)cc1)CC2C. The lowest BCUT2D eigenvalue weighted by Gasteiger charge is -2.27. The van der Waals surface area contributed by atoms with E-state index in [4.69, 9.17) is 11.6 Å². The van der Waals surface area contributed by atoms with Crippen molar-refractivity contribution in [2.75, 3.05) is 11.4 Å². The maximum absolute atomic E-state index is 6.06. The van der Waals surface area contributed by atoms with Crippen molar-refractivity contribution >= 4 is 38.9 Å². The molecule has 1 aliphatic rings. The Morgan fingerprint density at radius 1 is 1.17 bits per heavy atom. The molecule has 3 aromatic rings. The Hall–Kier alpha value is -1.85. The molecule has 0 aliphatic carbocycles. The van der Waals surface area contributed by atoms with Crippen LogP contribution in [0.5, 0.6) is 0 Å². The number of nitrogens with zero attached hydrogens (tertiary/aromatic N) is 4. The van der Waals surface area contributed by atoms with Gasteiger partial charge in [0.2, 0.25) is 0 Å². The molecular formula is C18H16BrClN4. The van der Waals surface area contributed by atoms with Crippen LogP contribution in [0.1, 0.15) is 18.7 Å². The summed E-state index contributed by atoms with van der Waals surface area (Å²) in [5.41, 5.74) is 5.43. The van der Waals surface area contributed by atoms with Crippen molar-refractivity contribution in [3.63, 3.8) is 0 Å². The first-order valence-corrected chi connectivity index (χ1v) is 8.96. The molecular weight excluding hydrogens is 388 g/mol. The van der Waals surface area contributed by atoms with Gasteiger partial charge in [-0.25, -0.2) is 4.68 Å². The average molecular weight is 404 g/mol. The van der Waals surface area contributed by atoms with Gasteiger partial charge in [-0.1, -0.05) is 32.7 Å². The summed E-state index contributed by atoms with van der Waals surface area (Å²) in [6.45, 7) is 4.98. The van der Waals surface area contributed by atoms with Crippen LogP contribution in [0.15, 0.2) is 46.9 Å². The van der Waals surface area contributed by atoms with Crippen molar-refractivity contribution < 1.29 is 0 Å². The van der Waals surface area contributed by atoms with Gasteiger partial charge in [-0.2, -0.15) is 0 Å². The molecule has 0 saturated carbocycles. The van der Waals surface area contributed by atoms with Gasteiger partial charge >= 0.3 is 0 Å². The second-order valence-corrected chi connectivity index (χ2v) is 7.42. The van der Waals surface area contributed by atoms with E-state index in [0.717, 1.165) is 44.4 Å². The minimum absolute atomic E-state index is 0.197. The van der Waals surface area contributed by atoms with Gasteiger partial charge in [-0.15, -0.1) is 5.10 Å². The first kappa shape index (κ1) is 15.7. The van der Waals surface area contributed by atoms with E-state index < -0.39 is 0 Å². The molecule has 0 saturated heterocycles. The molecule has 2 aromatic carbocycles. The summed E-state index contributed by atoms with van der Waals surface area (Å²) >= 11 is 9.67. The van der Waals surface area contributed by atoms with Crippen molar-refractivity contribution in [2.24, 2.45) is 0 Å². The highest BCUT2D eigenvalue weighted by Gasteiger charge is 2.28. The lowest BCUT2D eigenvalue weighted by atomic mass is 10.1. The number of aryl methyl sites for hydroxylation is 1. The van der Waals surface area contributed by atoms with E-state index in [1.54, 1.807) is 0 Å². The van der Waals surface area contributed by atoms with Gasteiger partial charge in [0.1, 0.15) is 0 Å². The van der Waals surface area contributed by atoms with Crippen molar-refractivity contribution in [1.82, 2.24) is 15.0 Å². The standard InChI is InChI=1S/C18H16BrClN4/c1-11-10-23(15-6-4-14(20)5-7-15)17-9-13(19)3-8-16(17)18-12(2)21-22-24(11)18/h3-9,11H,10H2,1-2H3. The van der Waals surface area contributed by atoms with Gasteiger partial charge in [0, 0.05) is 27.3 Å². The first-order valence-electron chi connectivity index (χ1n) is 7.79. The lowest BCUT2D eigenvalue weighted by molar-refractivity contribution is 0.492. The molecule has 6 heteroatoms. The summed E-state index contributed by atoms with van der Waals surface area (Å²) in [6.07, 6.45) is 0. The second-order valence-electron chi connectivity index (χ2n) is 6.07. The number of hydrogen-bond donors (Lipinski definition) is 0. The number of benzene rings is 2. The molecule has 0 bridgehead atoms. The zero-order chi connectivity index (χ0) is 16.8. The molecule has 0 amide bonds. The highest BCUT2D eigenvalue weighted by atomic mass is 79.9. The van der Waals surface area contributed by atoms with Crippen molar-refractivity contribution in [2.45, 2.75) is 19.9 Å². The minimum Gasteiger partial charge on any atom is -0.339 e. The van der Waals surface area contributed by atoms with Crippen molar-refractivity contribution in [3.8, 4) is 11.3 Å². The van der Waals surface area contributed by atoms with Crippen LogP contribution in [0.2, 0.25) is 5.02 Å². The van der Waals surface area contributed by atoms with E-state index in [0.29, 0.717) is 0 Å². The van der Waals surface area contributed by atoms with E-state index in [9.17, 15) is 0 Å². The summed E-state index contributed by atoms with van der Waals surface area (Å²) in [6, 6.07) is 14.5. The van der Waals surface area contributed by atoms with Crippen LogP contribution in [0.25, 0.3) is 11.3 Å². The van der Waals surface area contributed by atoms with Crippen LogP contribution in [-0.2, 0) is 0 Å². The Kier molecular flexibility index (Phi) is 3.85. The molecule has 2 heterocycles. The minimum atomic E-state index is 0.197. The van der Waals surface area contributed by atoms with Crippen LogP contribution in [0.3, 0.4) is 0 Å². The maximum atomic E-state index is 6.06. The second kappa shape index (κ2) is 5.90. The number of aromatic nitrogens is 3. The molecule has 4 nitrogen and oxygen atoms in total. The third-order valence-corrected chi connectivity index (χ3v) is 5.12. The summed E-state index contributed by atoms with van der Waals surface area (Å²) < 4.78 is 3.07. The van der Waals surface area contributed by atoms with Gasteiger partial charge in [0.05, 0.1) is 23.1 Å². The normalized spacial score (nSPS) is 16.5. The Morgan fingerprint density at radius 2 is 1.92 bits per heavy atom. The predicted octanol–water partition coefficient (Wildman–Crippen LogP) is 5.38. The molecule has 24 heavy (non-hydrogen) atoms. The Morgan fingerprint density at radius 3 is 2.67 bits per heavy atom. The summed E-state index contributed by atoms with van der Waals surface area (Å²) in [7, 11) is 0. The van der Waals surface area contributed by atoms with E-state index in [1.807, 2.05) is 23.7 Å². The number of hydrogen-bond acceptors (Lipinski definition) is 3. The zero-order valence-corrected chi connectivity index (χ0v) is 15.7. The number of anilines is 2. The smallest absolute Gasteiger partial charge is 0.0939 e. The van der Waals surface area contributed by atoms with E-state index >= 15 is 0 Å². The van der Waals surface area contributed by atoms with Gasteiger partial charge in [-0.3, -0.25) is 0 Å². The highest BCUT2D eigenvalue weighted by molar-refractivity contribution is 9.10.